The molecule has 27 heavy (non-hydrogen) atoms. The lowest BCUT2D eigenvalue weighted by atomic mass is 10.2. The first-order valence-corrected chi connectivity index (χ1v) is 8.53. The van der Waals surface area contributed by atoms with Crippen molar-refractivity contribution in [2.75, 3.05) is 6.54 Å². The van der Waals surface area contributed by atoms with Gasteiger partial charge in [0.05, 0.1) is 6.54 Å². The molecule has 0 spiro atoms. The molecule has 2 aromatic rings. The number of alkyl halides is 3. The molecular weight excluding hydrogens is 467 g/mol. The summed E-state index contributed by atoms with van der Waals surface area (Å²) in [4.78, 5) is 21.5. The van der Waals surface area contributed by atoms with Gasteiger partial charge in [-0.15, -0.1) is 11.3 Å². The lowest BCUT2D eigenvalue weighted by Gasteiger charge is -2.05. The van der Waals surface area contributed by atoms with E-state index in [4.69, 9.17) is 15.6 Å². The number of halogens is 6. The molecule has 0 amide bonds. The second-order valence-corrected chi connectivity index (χ2v) is 6.72. The molecule has 0 aromatic carbocycles. The Morgan fingerprint density at radius 1 is 1.41 bits per heavy atom. The number of aromatic nitrogens is 3. The van der Waals surface area contributed by atoms with Crippen LogP contribution in [-0.4, -0.2) is 38.6 Å². The zero-order valence-electron chi connectivity index (χ0n) is 13.2. The predicted molar refractivity (Wildman–Crippen MR) is 89.7 cm³/mol. The monoisotopic (exact) mass is 478 g/mol. The normalized spacial score (nSPS) is 10.9. The highest BCUT2D eigenvalue weighted by molar-refractivity contribution is 9.10. The van der Waals surface area contributed by atoms with E-state index in [1.54, 1.807) is 0 Å². The number of aromatic amines is 1. The van der Waals surface area contributed by atoms with Gasteiger partial charge in [-0.05, 0) is 22.0 Å². The van der Waals surface area contributed by atoms with Crippen LogP contribution in [0.25, 0.3) is 0 Å². The van der Waals surface area contributed by atoms with E-state index in [1.807, 2.05) is 11.4 Å². The van der Waals surface area contributed by atoms with Crippen LogP contribution >= 0.6 is 27.3 Å². The van der Waals surface area contributed by atoms with Crippen molar-refractivity contribution in [3.05, 3.63) is 48.8 Å². The summed E-state index contributed by atoms with van der Waals surface area (Å²) in [5.74, 6) is -2.51. The molecule has 0 radical (unpaired) electrons. The van der Waals surface area contributed by atoms with E-state index in [-0.39, 0.29) is 30.9 Å². The summed E-state index contributed by atoms with van der Waals surface area (Å²) >= 11 is 4.78. The van der Waals surface area contributed by atoms with Crippen molar-refractivity contribution >= 4 is 33.2 Å². The fraction of sp³-hybridized carbons (Fsp3) is 0.308. The number of rotatable bonds is 5. The maximum absolute atomic E-state index is 12.6. The molecule has 0 unspecified atom stereocenters. The van der Waals surface area contributed by atoms with Crippen LogP contribution < -0.4 is 11.4 Å². The molecule has 0 fully saturated rings. The fourth-order valence-corrected chi connectivity index (χ4v) is 3.09. The minimum atomic E-state index is -5.08. The fourth-order valence-electron chi connectivity index (χ4n) is 1.65. The van der Waals surface area contributed by atoms with Crippen molar-refractivity contribution in [2.24, 2.45) is 5.73 Å². The van der Waals surface area contributed by atoms with Crippen molar-refractivity contribution in [3.8, 4) is 0 Å². The summed E-state index contributed by atoms with van der Waals surface area (Å²) in [5.41, 5.74) is 4.61. The molecule has 0 saturated heterocycles. The highest BCUT2D eigenvalue weighted by Crippen LogP contribution is 2.21. The number of hydrogen-bond donors (Lipinski definition) is 3. The highest BCUT2D eigenvalue weighted by Gasteiger charge is 2.38. The third kappa shape index (κ3) is 7.22. The van der Waals surface area contributed by atoms with Crippen LogP contribution in [-0.2, 0) is 17.8 Å². The molecule has 2 aromatic heterocycles. The van der Waals surface area contributed by atoms with Crippen LogP contribution in [0.15, 0.2) is 32.4 Å². The van der Waals surface area contributed by atoms with Gasteiger partial charge in [-0.3, -0.25) is 4.57 Å². The lowest BCUT2D eigenvalue weighted by molar-refractivity contribution is -0.192. The number of carbonyl (C=O) groups is 1. The largest absolute Gasteiger partial charge is 0.490 e. The van der Waals surface area contributed by atoms with Gasteiger partial charge in [-0.1, -0.05) is 0 Å². The summed E-state index contributed by atoms with van der Waals surface area (Å²) in [6.07, 6.45) is -7.06. The molecule has 2 rings (SSSR count). The second-order valence-electron chi connectivity index (χ2n) is 4.81. The zero-order chi connectivity index (χ0) is 20.8. The summed E-state index contributed by atoms with van der Waals surface area (Å²) in [5, 5.41) is 15.1. The minimum absolute atomic E-state index is 0.149. The van der Waals surface area contributed by atoms with Gasteiger partial charge in [0.1, 0.15) is 5.82 Å². The van der Waals surface area contributed by atoms with Gasteiger partial charge in [-0.25, -0.2) is 14.7 Å². The number of hydrogen-bond acceptors (Lipinski definition) is 5. The van der Waals surface area contributed by atoms with Crippen molar-refractivity contribution in [3.63, 3.8) is 0 Å². The number of carboxylic acids is 1. The Balaban J connectivity index is 0.000000445. The molecule has 0 atom stereocenters. The highest BCUT2D eigenvalue weighted by atomic mass is 79.9. The Morgan fingerprint density at radius 3 is 2.41 bits per heavy atom. The number of nitrogens with two attached hydrogens (primary N) is 1. The van der Waals surface area contributed by atoms with Gasteiger partial charge in [-0.2, -0.15) is 27.1 Å². The van der Waals surface area contributed by atoms with E-state index >= 15 is 0 Å². The minimum Gasteiger partial charge on any atom is -0.475 e. The maximum Gasteiger partial charge on any atom is 0.490 e. The molecule has 4 N–H and O–H groups in total. The van der Waals surface area contributed by atoms with Crippen LogP contribution in [0.1, 0.15) is 10.7 Å². The van der Waals surface area contributed by atoms with Crippen LogP contribution in [0.2, 0.25) is 0 Å². The molecular formula is C13H12BrF5N4O3S. The predicted octanol–water partition coefficient (Wildman–Crippen LogP) is 2.73. The standard InChI is InChI=1S/C11H11BrF2N4OS.C2HF3O2/c12-7-2-8(20-5-7)4-18-9(16-17-11(18)19)1-6(3-15)10(13)14;3-2(4,5)1(6)7/h2,5H,1,3-4,15H2,(H,17,19);(H,6,7). The molecule has 7 nitrogen and oxygen atoms in total. The van der Waals surface area contributed by atoms with E-state index in [0.29, 0.717) is 0 Å². The summed E-state index contributed by atoms with van der Waals surface area (Å²) in [6, 6.07) is 1.86. The first-order valence-electron chi connectivity index (χ1n) is 6.85. The van der Waals surface area contributed by atoms with E-state index in [2.05, 4.69) is 26.1 Å². The number of nitrogens with one attached hydrogen (secondary N) is 1. The quantitative estimate of drug-likeness (QED) is 0.571. The molecule has 0 aliphatic heterocycles. The first-order chi connectivity index (χ1) is 12.5. The first kappa shape index (κ1) is 23.0. The topological polar surface area (TPSA) is 114 Å². The summed E-state index contributed by atoms with van der Waals surface area (Å²) in [6.45, 7) is 0.0145. The molecule has 2 heterocycles. The lowest BCUT2D eigenvalue weighted by Crippen LogP contribution is -2.21. The third-order valence-electron chi connectivity index (χ3n) is 2.90. The molecule has 0 aliphatic carbocycles. The van der Waals surface area contributed by atoms with Gasteiger partial charge >= 0.3 is 17.8 Å². The van der Waals surface area contributed by atoms with Crippen molar-refractivity contribution in [1.29, 1.82) is 0 Å². The Labute approximate surface area is 160 Å². The molecule has 14 heteroatoms. The van der Waals surface area contributed by atoms with E-state index in [1.165, 1.54) is 15.9 Å². The van der Waals surface area contributed by atoms with E-state index in [9.17, 15) is 26.7 Å². The molecule has 0 aliphatic rings. The van der Waals surface area contributed by atoms with Gasteiger partial charge in [0, 0.05) is 33.3 Å². The van der Waals surface area contributed by atoms with Crippen LogP contribution in [0.3, 0.4) is 0 Å². The number of carboxylic acid groups (broad SMARTS) is 1. The number of thiophene rings is 1. The Hall–Kier alpha value is -2.06. The van der Waals surface area contributed by atoms with Gasteiger partial charge in [0.15, 0.2) is 0 Å². The zero-order valence-corrected chi connectivity index (χ0v) is 15.6. The molecule has 150 valence electrons. The van der Waals surface area contributed by atoms with Crippen LogP contribution in [0.4, 0.5) is 22.0 Å². The number of aliphatic carboxylic acids is 1. The van der Waals surface area contributed by atoms with Gasteiger partial charge in [0.25, 0.3) is 6.08 Å². The SMILES string of the molecule is NCC(Cc1n[nH]c(=O)n1Cc1cc(Br)cs1)=C(F)F.O=C(O)C(F)(F)F. The van der Waals surface area contributed by atoms with Gasteiger partial charge < -0.3 is 10.8 Å². The Morgan fingerprint density at radius 2 is 2.00 bits per heavy atom. The van der Waals surface area contributed by atoms with Crippen LogP contribution in [0, 0.1) is 0 Å². The number of nitrogens with zero attached hydrogens (tertiary/aromatic N) is 2. The Kier molecular flexibility index (Phi) is 8.30. The third-order valence-corrected chi connectivity index (χ3v) is 4.58. The van der Waals surface area contributed by atoms with Crippen molar-refractivity contribution in [2.45, 2.75) is 19.1 Å². The number of H-pyrrole nitrogens is 1. The molecule has 0 bridgehead atoms. The van der Waals surface area contributed by atoms with E-state index in [0.717, 1.165) is 9.35 Å². The summed E-state index contributed by atoms with van der Waals surface area (Å²) in [7, 11) is 0. The average Bonchev–Trinajstić information content (AvgIpc) is 3.11. The Bertz CT molecular complexity index is 870. The van der Waals surface area contributed by atoms with Crippen LogP contribution in [0.5, 0.6) is 0 Å². The van der Waals surface area contributed by atoms with Gasteiger partial charge in [0.2, 0.25) is 0 Å². The maximum atomic E-state index is 12.6. The average molecular weight is 479 g/mol. The van der Waals surface area contributed by atoms with Crippen molar-refractivity contribution in [1.82, 2.24) is 14.8 Å². The summed E-state index contributed by atoms with van der Waals surface area (Å²) < 4.78 is 59.2. The van der Waals surface area contributed by atoms with E-state index < -0.39 is 23.9 Å². The molecule has 0 saturated carbocycles. The smallest absolute Gasteiger partial charge is 0.475 e. The second kappa shape index (κ2) is 9.75. The van der Waals surface area contributed by atoms with Crippen molar-refractivity contribution < 1.29 is 31.9 Å².